The highest BCUT2D eigenvalue weighted by Gasteiger charge is 2.14. The van der Waals surface area contributed by atoms with Crippen LogP contribution < -0.4 is 0 Å². The second kappa shape index (κ2) is 12.5. The molecule has 0 nitrogen and oxygen atoms in total. The fourth-order valence-corrected chi connectivity index (χ4v) is 5.01. The van der Waals surface area contributed by atoms with Gasteiger partial charge in [-0.25, -0.2) is 0 Å². The van der Waals surface area contributed by atoms with Crippen molar-refractivity contribution in [3.63, 3.8) is 0 Å². The Bertz CT molecular complexity index is 1230. The number of hydrogen-bond donors (Lipinski definition) is 0. The van der Waals surface area contributed by atoms with E-state index in [1.54, 1.807) is 11.8 Å². The lowest BCUT2D eigenvalue weighted by Gasteiger charge is -2.18. The molecular weight excluding hydrogens is 416 g/mol. The standard InChI is InChI=1S/C32H36S/c1-6-9-10-16-24(4)17-13-20-32(33-5)25-21-22-30-26(14-7-2)28-18-11-12-19-29(28)27(15-8-3)31(30)23-25/h6,9-13,16-23H,4,7-8,14-15H2,1-3,5H3/b9-6-,16-10-,17-13+,32-20-. The molecular formula is C32H36S. The largest absolute Gasteiger partial charge is 0.129 e. The maximum absolute atomic E-state index is 4.11. The van der Waals surface area contributed by atoms with E-state index in [9.17, 15) is 0 Å². The van der Waals surface area contributed by atoms with E-state index in [1.807, 2.05) is 31.2 Å². The van der Waals surface area contributed by atoms with Gasteiger partial charge in [0.2, 0.25) is 0 Å². The lowest BCUT2D eigenvalue weighted by Crippen LogP contribution is -1.97. The summed E-state index contributed by atoms with van der Waals surface area (Å²) < 4.78 is 0. The van der Waals surface area contributed by atoms with Gasteiger partial charge in [0.25, 0.3) is 0 Å². The first kappa shape index (κ1) is 24.9. The number of thioether (sulfide) groups is 1. The van der Waals surface area contributed by atoms with Crippen LogP contribution in [0, 0.1) is 0 Å². The highest BCUT2D eigenvalue weighted by Crippen LogP contribution is 2.37. The van der Waals surface area contributed by atoms with E-state index in [2.05, 4.69) is 87.4 Å². The Hall–Kier alpha value is -2.77. The van der Waals surface area contributed by atoms with Crippen LogP contribution in [0.25, 0.3) is 26.5 Å². The molecule has 0 aliphatic rings. The summed E-state index contributed by atoms with van der Waals surface area (Å²) in [5.41, 5.74) is 5.26. The summed E-state index contributed by atoms with van der Waals surface area (Å²) in [7, 11) is 0. The van der Waals surface area contributed by atoms with E-state index in [0.717, 1.165) is 31.3 Å². The molecule has 0 saturated heterocycles. The third kappa shape index (κ3) is 5.97. The van der Waals surface area contributed by atoms with E-state index in [0.29, 0.717) is 0 Å². The lowest BCUT2D eigenvalue weighted by molar-refractivity contribution is 0.927. The van der Waals surface area contributed by atoms with Crippen molar-refractivity contribution >= 4 is 38.2 Å². The molecule has 0 bridgehead atoms. The molecule has 170 valence electrons. The topological polar surface area (TPSA) is 0 Å². The molecule has 0 aromatic heterocycles. The van der Waals surface area contributed by atoms with Crippen LogP contribution >= 0.6 is 11.8 Å². The van der Waals surface area contributed by atoms with Crippen molar-refractivity contribution in [3.05, 3.63) is 114 Å². The first-order chi connectivity index (χ1) is 16.1. The van der Waals surface area contributed by atoms with Gasteiger partial charge in [-0.1, -0.05) is 106 Å². The third-order valence-electron chi connectivity index (χ3n) is 5.92. The number of aryl methyl sites for hydroxylation is 2. The van der Waals surface area contributed by atoms with Crippen LogP contribution in [0.1, 0.15) is 50.3 Å². The maximum atomic E-state index is 4.11. The van der Waals surface area contributed by atoms with Crippen molar-refractivity contribution < 1.29 is 0 Å². The zero-order chi connectivity index (χ0) is 23.6. The van der Waals surface area contributed by atoms with Gasteiger partial charge in [-0.3, -0.25) is 0 Å². The minimum absolute atomic E-state index is 0.990. The predicted octanol–water partition coefficient (Wildman–Crippen LogP) is 9.85. The van der Waals surface area contributed by atoms with E-state index >= 15 is 0 Å². The average molecular weight is 453 g/mol. The van der Waals surface area contributed by atoms with E-state index in [1.165, 1.54) is 43.1 Å². The Morgan fingerprint density at radius 2 is 1.42 bits per heavy atom. The summed E-state index contributed by atoms with van der Waals surface area (Å²) in [6.45, 7) is 10.7. The quantitative estimate of drug-likeness (QED) is 0.218. The fraction of sp³-hybridized carbons (Fsp3) is 0.250. The summed E-state index contributed by atoms with van der Waals surface area (Å²) in [5.74, 6) is 0. The zero-order valence-electron chi connectivity index (χ0n) is 20.5. The molecule has 0 N–H and O–H groups in total. The predicted molar refractivity (Wildman–Crippen MR) is 153 cm³/mol. The van der Waals surface area contributed by atoms with Gasteiger partial charge in [0.05, 0.1) is 0 Å². The SMILES string of the molecule is C=C(/C=C\C=C/C)/C=C/C=C(\SC)c1ccc2c(CCC)c3ccccc3c(CCC)c2c1. The molecule has 0 unspecified atom stereocenters. The Balaban J connectivity index is 2.12. The van der Waals surface area contributed by atoms with Crippen LogP contribution in [-0.4, -0.2) is 6.26 Å². The van der Waals surface area contributed by atoms with Crippen LogP contribution in [0.15, 0.2) is 97.1 Å². The van der Waals surface area contributed by atoms with Crippen molar-refractivity contribution in [3.8, 4) is 0 Å². The number of rotatable bonds is 10. The van der Waals surface area contributed by atoms with Gasteiger partial charge in [0.1, 0.15) is 0 Å². The van der Waals surface area contributed by atoms with E-state index < -0.39 is 0 Å². The average Bonchev–Trinajstić information content (AvgIpc) is 2.84. The van der Waals surface area contributed by atoms with Crippen molar-refractivity contribution in [1.82, 2.24) is 0 Å². The molecule has 3 rings (SSSR count). The molecule has 0 radical (unpaired) electrons. The molecule has 0 aliphatic heterocycles. The van der Waals surface area contributed by atoms with Crippen molar-refractivity contribution in [2.24, 2.45) is 0 Å². The van der Waals surface area contributed by atoms with Crippen LogP contribution in [0.4, 0.5) is 0 Å². The minimum Gasteiger partial charge on any atom is -0.129 e. The first-order valence-electron chi connectivity index (χ1n) is 12.0. The highest BCUT2D eigenvalue weighted by molar-refractivity contribution is 8.07. The van der Waals surface area contributed by atoms with Gasteiger partial charge in [-0.2, -0.15) is 0 Å². The Morgan fingerprint density at radius 3 is 2.03 bits per heavy atom. The summed E-state index contributed by atoms with van der Waals surface area (Å²) >= 11 is 1.79. The van der Waals surface area contributed by atoms with Gasteiger partial charge in [-0.15, -0.1) is 11.8 Å². The van der Waals surface area contributed by atoms with Crippen LogP contribution in [0.2, 0.25) is 0 Å². The maximum Gasteiger partial charge on any atom is 0.0142 e. The third-order valence-corrected chi connectivity index (χ3v) is 6.73. The second-order valence-corrected chi connectivity index (χ2v) is 9.17. The van der Waals surface area contributed by atoms with Gasteiger partial charge in [-0.05, 0) is 82.0 Å². The zero-order valence-corrected chi connectivity index (χ0v) is 21.3. The number of hydrogen-bond acceptors (Lipinski definition) is 1. The van der Waals surface area contributed by atoms with E-state index in [4.69, 9.17) is 0 Å². The summed E-state index contributed by atoms with van der Waals surface area (Å²) in [6.07, 6.45) is 21.1. The monoisotopic (exact) mass is 452 g/mol. The number of benzene rings is 3. The summed E-state index contributed by atoms with van der Waals surface area (Å²) in [5, 5.41) is 5.68. The molecule has 0 saturated carbocycles. The van der Waals surface area contributed by atoms with Crippen molar-refractivity contribution in [2.75, 3.05) is 6.26 Å². The molecule has 0 spiro atoms. The van der Waals surface area contributed by atoms with Crippen LogP contribution in [0.3, 0.4) is 0 Å². The molecule has 0 aliphatic carbocycles. The van der Waals surface area contributed by atoms with Gasteiger partial charge >= 0.3 is 0 Å². The molecule has 0 amide bonds. The van der Waals surface area contributed by atoms with Gasteiger partial charge in [0.15, 0.2) is 0 Å². The van der Waals surface area contributed by atoms with Gasteiger partial charge < -0.3 is 0 Å². The second-order valence-electron chi connectivity index (χ2n) is 8.32. The fourth-order valence-electron chi connectivity index (χ4n) is 4.44. The summed E-state index contributed by atoms with van der Waals surface area (Å²) in [4.78, 5) is 1.27. The molecule has 1 heteroatoms. The van der Waals surface area contributed by atoms with Crippen molar-refractivity contribution in [1.29, 1.82) is 0 Å². The smallest absolute Gasteiger partial charge is 0.0142 e. The Morgan fingerprint density at radius 1 is 0.818 bits per heavy atom. The molecule has 0 fully saturated rings. The molecule has 0 heterocycles. The highest BCUT2D eigenvalue weighted by atomic mass is 32.2. The van der Waals surface area contributed by atoms with Crippen molar-refractivity contribution in [2.45, 2.75) is 46.5 Å². The Kier molecular flexibility index (Phi) is 9.39. The normalized spacial score (nSPS) is 12.8. The molecule has 0 atom stereocenters. The number of allylic oxidation sites excluding steroid dienone is 8. The van der Waals surface area contributed by atoms with Crippen LogP contribution in [-0.2, 0) is 12.8 Å². The first-order valence-corrected chi connectivity index (χ1v) is 13.2. The van der Waals surface area contributed by atoms with Crippen LogP contribution in [0.5, 0.6) is 0 Å². The van der Waals surface area contributed by atoms with E-state index in [-0.39, 0.29) is 0 Å². The number of fused-ring (bicyclic) bond motifs is 2. The summed E-state index contributed by atoms with van der Waals surface area (Å²) in [6, 6.07) is 16.1. The molecule has 3 aromatic carbocycles. The Labute approximate surface area is 204 Å². The molecule has 33 heavy (non-hydrogen) atoms. The van der Waals surface area contributed by atoms with Gasteiger partial charge in [0, 0.05) is 4.91 Å². The minimum atomic E-state index is 0.990. The lowest BCUT2D eigenvalue weighted by atomic mass is 9.87. The molecule has 3 aromatic rings.